The summed E-state index contributed by atoms with van der Waals surface area (Å²) in [6.45, 7) is 3.07. The van der Waals surface area contributed by atoms with Gasteiger partial charge in [-0.2, -0.15) is 0 Å². The molecule has 2 aromatic rings. The van der Waals surface area contributed by atoms with E-state index in [4.69, 9.17) is 9.52 Å². The van der Waals surface area contributed by atoms with Crippen LogP contribution in [-0.2, 0) is 0 Å². The molecule has 3 N–H and O–H groups in total. The Balaban J connectivity index is 1.73. The first-order chi connectivity index (χ1) is 10.6. The third-order valence-electron chi connectivity index (χ3n) is 4.12. The van der Waals surface area contributed by atoms with Crippen LogP contribution in [0.1, 0.15) is 29.8 Å². The molecule has 0 radical (unpaired) electrons. The lowest BCUT2D eigenvalue weighted by Crippen LogP contribution is -2.28. The summed E-state index contributed by atoms with van der Waals surface area (Å²) in [6, 6.07) is 5.35. The number of furan rings is 1. The van der Waals surface area contributed by atoms with Gasteiger partial charge in [-0.3, -0.25) is 0 Å². The van der Waals surface area contributed by atoms with E-state index in [1.165, 1.54) is 12.8 Å². The van der Waals surface area contributed by atoms with E-state index in [0.29, 0.717) is 5.58 Å². The Kier molecular flexibility index (Phi) is 4.69. The van der Waals surface area contributed by atoms with E-state index >= 15 is 0 Å². The number of fused-ring (bicyclic) bond motifs is 1. The van der Waals surface area contributed by atoms with Gasteiger partial charge in [-0.1, -0.05) is 15.9 Å². The maximum absolute atomic E-state index is 11.1. The van der Waals surface area contributed by atoms with E-state index in [-0.39, 0.29) is 5.76 Å². The number of anilines is 1. The largest absolute Gasteiger partial charge is 0.475 e. The van der Waals surface area contributed by atoms with E-state index in [1.54, 1.807) is 6.07 Å². The summed E-state index contributed by atoms with van der Waals surface area (Å²) < 4.78 is 6.37. The molecule has 1 fully saturated rings. The Hall–Kier alpha value is -1.53. The fourth-order valence-electron chi connectivity index (χ4n) is 2.93. The number of carboxylic acid groups (broad SMARTS) is 1. The van der Waals surface area contributed by atoms with Crippen LogP contribution in [0, 0.1) is 5.92 Å². The third kappa shape index (κ3) is 3.44. The molecule has 1 aromatic carbocycles. The number of rotatable bonds is 5. The number of hydrogen-bond donors (Lipinski definition) is 3. The van der Waals surface area contributed by atoms with Crippen LogP contribution in [0.2, 0.25) is 0 Å². The molecule has 0 aliphatic carbocycles. The molecule has 0 bridgehead atoms. The molecule has 22 heavy (non-hydrogen) atoms. The smallest absolute Gasteiger partial charge is 0.371 e. The molecule has 118 valence electrons. The van der Waals surface area contributed by atoms with Crippen LogP contribution in [0.4, 0.5) is 5.69 Å². The minimum Gasteiger partial charge on any atom is -0.475 e. The van der Waals surface area contributed by atoms with Crippen LogP contribution in [0.5, 0.6) is 0 Å². The number of carboxylic acids is 1. The fraction of sp³-hybridized carbons (Fsp3) is 0.438. The summed E-state index contributed by atoms with van der Waals surface area (Å²) in [4.78, 5) is 11.1. The normalized spacial score (nSPS) is 16.0. The second-order valence-electron chi connectivity index (χ2n) is 5.70. The first-order valence-electron chi connectivity index (χ1n) is 7.54. The number of hydrogen-bond acceptors (Lipinski definition) is 4. The first kappa shape index (κ1) is 15.4. The average molecular weight is 367 g/mol. The Bertz CT molecular complexity index is 677. The second-order valence-corrected chi connectivity index (χ2v) is 6.61. The van der Waals surface area contributed by atoms with Crippen molar-refractivity contribution >= 4 is 38.6 Å². The highest BCUT2D eigenvalue weighted by molar-refractivity contribution is 9.10. The van der Waals surface area contributed by atoms with Gasteiger partial charge in [0.2, 0.25) is 5.76 Å². The summed E-state index contributed by atoms with van der Waals surface area (Å²) in [5.41, 5.74) is 1.44. The standard InChI is InChI=1S/C16H19BrN2O3/c17-12-7-11-8-14(16(20)21)22-15(11)13(9-12)19-6-3-10-1-4-18-5-2-10/h7-10,18-19H,1-6H2,(H,20,21). The quantitative estimate of drug-likeness (QED) is 0.752. The number of piperidine rings is 1. The number of nitrogens with one attached hydrogen (secondary N) is 2. The van der Waals surface area contributed by atoms with Crippen LogP contribution in [0.3, 0.4) is 0 Å². The molecular weight excluding hydrogens is 348 g/mol. The van der Waals surface area contributed by atoms with Crippen molar-refractivity contribution in [1.29, 1.82) is 0 Å². The Morgan fingerprint density at radius 2 is 2.14 bits per heavy atom. The molecule has 6 heteroatoms. The number of aromatic carboxylic acids is 1. The molecule has 1 saturated heterocycles. The summed E-state index contributed by atoms with van der Waals surface area (Å²) in [7, 11) is 0. The van der Waals surface area contributed by atoms with E-state index in [2.05, 4.69) is 26.6 Å². The lowest BCUT2D eigenvalue weighted by atomic mass is 9.95. The third-order valence-corrected chi connectivity index (χ3v) is 4.58. The van der Waals surface area contributed by atoms with Crippen LogP contribution in [-0.4, -0.2) is 30.7 Å². The van der Waals surface area contributed by atoms with Gasteiger partial charge in [0, 0.05) is 16.4 Å². The van der Waals surface area contributed by atoms with Gasteiger partial charge in [-0.05, 0) is 56.5 Å². The van der Waals surface area contributed by atoms with E-state index in [9.17, 15) is 4.79 Å². The molecule has 0 saturated carbocycles. The average Bonchev–Trinajstić information content (AvgIpc) is 2.92. The minimum atomic E-state index is -1.05. The highest BCUT2D eigenvalue weighted by Crippen LogP contribution is 2.31. The topological polar surface area (TPSA) is 74.5 Å². The monoisotopic (exact) mass is 366 g/mol. The van der Waals surface area contributed by atoms with E-state index < -0.39 is 5.97 Å². The molecule has 0 spiro atoms. The zero-order valence-electron chi connectivity index (χ0n) is 12.2. The predicted octanol–water partition coefficient (Wildman–Crippen LogP) is 3.70. The molecular formula is C16H19BrN2O3. The second kappa shape index (κ2) is 6.71. The molecule has 2 heterocycles. The highest BCUT2D eigenvalue weighted by Gasteiger charge is 2.15. The van der Waals surface area contributed by atoms with Crippen molar-refractivity contribution in [2.45, 2.75) is 19.3 Å². The van der Waals surface area contributed by atoms with Gasteiger partial charge in [-0.25, -0.2) is 4.79 Å². The zero-order valence-corrected chi connectivity index (χ0v) is 13.8. The Morgan fingerprint density at radius 1 is 1.36 bits per heavy atom. The van der Waals surface area contributed by atoms with Crippen molar-refractivity contribution in [3.05, 3.63) is 28.4 Å². The molecule has 5 nitrogen and oxygen atoms in total. The van der Waals surface area contributed by atoms with Crippen molar-refractivity contribution in [3.8, 4) is 0 Å². The molecule has 0 atom stereocenters. The predicted molar refractivity (Wildman–Crippen MR) is 89.6 cm³/mol. The SMILES string of the molecule is O=C(O)c1cc2cc(Br)cc(NCCC3CCNCC3)c2o1. The summed E-state index contributed by atoms with van der Waals surface area (Å²) in [5.74, 6) is -0.329. The van der Waals surface area contributed by atoms with Gasteiger partial charge >= 0.3 is 5.97 Å². The van der Waals surface area contributed by atoms with Crippen LogP contribution in [0.15, 0.2) is 27.1 Å². The van der Waals surface area contributed by atoms with Gasteiger partial charge in [0.1, 0.15) is 0 Å². The van der Waals surface area contributed by atoms with E-state index in [1.807, 2.05) is 12.1 Å². The fourth-order valence-corrected chi connectivity index (χ4v) is 3.41. The zero-order chi connectivity index (χ0) is 15.5. The van der Waals surface area contributed by atoms with Crippen molar-refractivity contribution in [1.82, 2.24) is 5.32 Å². The number of benzene rings is 1. The molecule has 0 amide bonds. The first-order valence-corrected chi connectivity index (χ1v) is 8.34. The number of carbonyl (C=O) groups is 1. The van der Waals surface area contributed by atoms with Gasteiger partial charge < -0.3 is 20.2 Å². The summed E-state index contributed by atoms with van der Waals surface area (Å²) >= 11 is 3.46. The van der Waals surface area contributed by atoms with Gasteiger partial charge in [0.05, 0.1) is 5.69 Å². The Morgan fingerprint density at radius 3 is 2.86 bits per heavy atom. The maximum atomic E-state index is 11.1. The van der Waals surface area contributed by atoms with Crippen molar-refractivity contribution in [2.75, 3.05) is 25.0 Å². The van der Waals surface area contributed by atoms with Crippen LogP contribution >= 0.6 is 15.9 Å². The van der Waals surface area contributed by atoms with Gasteiger partial charge in [-0.15, -0.1) is 0 Å². The minimum absolute atomic E-state index is 0.0329. The molecule has 1 aliphatic heterocycles. The van der Waals surface area contributed by atoms with Gasteiger partial charge in [0.25, 0.3) is 0 Å². The molecule has 3 rings (SSSR count). The van der Waals surface area contributed by atoms with Crippen LogP contribution in [0.25, 0.3) is 11.0 Å². The molecule has 0 unspecified atom stereocenters. The number of halogens is 1. The van der Waals surface area contributed by atoms with Gasteiger partial charge in [0.15, 0.2) is 5.58 Å². The van der Waals surface area contributed by atoms with Crippen molar-refractivity contribution in [3.63, 3.8) is 0 Å². The van der Waals surface area contributed by atoms with E-state index in [0.717, 1.165) is 47.5 Å². The lowest BCUT2D eigenvalue weighted by molar-refractivity contribution is 0.0665. The summed E-state index contributed by atoms with van der Waals surface area (Å²) in [5, 5.41) is 16.6. The molecule has 1 aromatic heterocycles. The van der Waals surface area contributed by atoms with Crippen molar-refractivity contribution < 1.29 is 14.3 Å². The highest BCUT2D eigenvalue weighted by atomic mass is 79.9. The van der Waals surface area contributed by atoms with Crippen LogP contribution < -0.4 is 10.6 Å². The lowest BCUT2D eigenvalue weighted by Gasteiger charge is -2.22. The van der Waals surface area contributed by atoms with Crippen molar-refractivity contribution in [2.24, 2.45) is 5.92 Å². The summed E-state index contributed by atoms with van der Waals surface area (Å²) in [6.07, 6.45) is 3.56. The maximum Gasteiger partial charge on any atom is 0.371 e. The molecule has 1 aliphatic rings. The Labute approximate surface area is 137 Å².